The number of rotatable bonds is 3. The number of carbonyl (C=O) groups excluding carboxylic acids is 2. The van der Waals surface area contributed by atoms with Crippen LogP contribution in [0.5, 0.6) is 0 Å². The minimum atomic E-state index is -0.0872. The monoisotopic (exact) mass is 389 g/mol. The first kappa shape index (κ1) is 18.2. The lowest BCUT2D eigenvalue weighted by atomic mass is 9.96. The molecule has 0 saturated carbocycles. The molecule has 4 heterocycles. The van der Waals surface area contributed by atoms with Gasteiger partial charge in [0.2, 0.25) is 0 Å². The number of thiophene rings is 1. The Morgan fingerprint density at radius 1 is 1.11 bits per heavy atom. The van der Waals surface area contributed by atoms with Crippen LogP contribution in [-0.4, -0.2) is 66.0 Å². The van der Waals surface area contributed by atoms with Crippen LogP contribution >= 0.6 is 11.3 Å². The number of aryl methyl sites for hydroxylation is 1. The number of morpholine rings is 1. The van der Waals surface area contributed by atoms with E-state index in [1.165, 1.54) is 11.3 Å². The second-order valence-electron chi connectivity index (χ2n) is 6.94. The molecule has 7 nitrogen and oxygen atoms in total. The van der Waals surface area contributed by atoms with Crippen LogP contribution in [0.2, 0.25) is 0 Å². The quantitative estimate of drug-likeness (QED) is 0.806. The second-order valence-corrected chi connectivity index (χ2v) is 7.72. The highest BCUT2D eigenvalue weighted by Crippen LogP contribution is 2.30. The van der Waals surface area contributed by atoms with Gasteiger partial charge in [0.15, 0.2) is 11.6 Å². The van der Waals surface area contributed by atoms with Gasteiger partial charge >= 0.3 is 0 Å². The van der Waals surface area contributed by atoms with E-state index in [1.54, 1.807) is 11.8 Å². The molecule has 27 heavy (non-hydrogen) atoms. The lowest BCUT2D eigenvalue weighted by Crippen LogP contribution is -2.41. The SMILES string of the molecule is Cc1oc(C2CCN(C(=O)c3ccsc3)CC2)nc1C(=O)N1CCOCC1. The van der Waals surface area contributed by atoms with Crippen LogP contribution in [0.3, 0.4) is 0 Å². The van der Waals surface area contributed by atoms with Crippen LogP contribution < -0.4 is 0 Å². The fourth-order valence-corrected chi connectivity index (χ4v) is 4.23. The zero-order chi connectivity index (χ0) is 18.8. The third kappa shape index (κ3) is 3.77. The van der Waals surface area contributed by atoms with Crippen molar-refractivity contribution in [3.63, 3.8) is 0 Å². The van der Waals surface area contributed by atoms with E-state index in [4.69, 9.17) is 9.15 Å². The number of ether oxygens (including phenoxy) is 1. The Labute approximate surface area is 161 Å². The molecule has 0 radical (unpaired) electrons. The van der Waals surface area contributed by atoms with E-state index in [1.807, 2.05) is 21.7 Å². The number of nitrogens with zero attached hydrogens (tertiary/aromatic N) is 3. The van der Waals surface area contributed by atoms with Crippen molar-refractivity contribution in [2.24, 2.45) is 0 Å². The summed E-state index contributed by atoms with van der Waals surface area (Å²) in [6.45, 7) is 5.44. The Morgan fingerprint density at radius 2 is 1.81 bits per heavy atom. The van der Waals surface area contributed by atoms with Crippen LogP contribution in [0.25, 0.3) is 0 Å². The van der Waals surface area contributed by atoms with E-state index < -0.39 is 0 Å². The van der Waals surface area contributed by atoms with E-state index in [0.29, 0.717) is 56.7 Å². The molecule has 2 aliphatic rings. The maximum atomic E-state index is 12.7. The number of piperidine rings is 1. The van der Waals surface area contributed by atoms with Crippen molar-refractivity contribution in [1.29, 1.82) is 0 Å². The molecule has 2 aromatic rings. The summed E-state index contributed by atoms with van der Waals surface area (Å²) in [5.74, 6) is 1.32. The highest BCUT2D eigenvalue weighted by molar-refractivity contribution is 7.08. The van der Waals surface area contributed by atoms with Gasteiger partial charge in [-0.05, 0) is 31.2 Å². The Balaban J connectivity index is 1.40. The highest BCUT2D eigenvalue weighted by Gasteiger charge is 2.30. The maximum Gasteiger partial charge on any atom is 0.276 e. The van der Waals surface area contributed by atoms with Gasteiger partial charge in [-0.2, -0.15) is 11.3 Å². The zero-order valence-electron chi connectivity index (χ0n) is 15.3. The average Bonchev–Trinajstić information content (AvgIpc) is 3.38. The molecule has 4 rings (SSSR count). The van der Waals surface area contributed by atoms with E-state index >= 15 is 0 Å². The van der Waals surface area contributed by atoms with Gasteiger partial charge in [-0.1, -0.05) is 0 Å². The fourth-order valence-electron chi connectivity index (χ4n) is 3.60. The van der Waals surface area contributed by atoms with Crippen molar-refractivity contribution in [3.05, 3.63) is 39.7 Å². The van der Waals surface area contributed by atoms with Gasteiger partial charge in [0.25, 0.3) is 11.8 Å². The molecule has 0 aliphatic carbocycles. The summed E-state index contributed by atoms with van der Waals surface area (Å²) in [4.78, 5) is 33.3. The van der Waals surface area contributed by atoms with Gasteiger partial charge in [0.1, 0.15) is 5.76 Å². The molecule has 0 bridgehead atoms. The van der Waals surface area contributed by atoms with Crippen LogP contribution in [0.4, 0.5) is 0 Å². The van der Waals surface area contributed by atoms with Gasteiger partial charge in [0, 0.05) is 37.5 Å². The number of carbonyl (C=O) groups is 2. The van der Waals surface area contributed by atoms with Gasteiger partial charge in [0.05, 0.1) is 18.8 Å². The number of aromatic nitrogens is 1. The summed E-state index contributed by atoms with van der Waals surface area (Å²) in [7, 11) is 0. The largest absolute Gasteiger partial charge is 0.445 e. The predicted molar refractivity (Wildman–Crippen MR) is 100 cm³/mol. The summed E-state index contributed by atoms with van der Waals surface area (Å²) >= 11 is 1.53. The molecular formula is C19H23N3O4S. The Hall–Kier alpha value is -2.19. The summed E-state index contributed by atoms with van der Waals surface area (Å²) in [6, 6.07) is 1.86. The van der Waals surface area contributed by atoms with Gasteiger partial charge in [-0.25, -0.2) is 4.98 Å². The Bertz CT molecular complexity index is 803. The second kappa shape index (κ2) is 7.82. The lowest BCUT2D eigenvalue weighted by molar-refractivity contribution is 0.0298. The summed E-state index contributed by atoms with van der Waals surface area (Å²) in [6.07, 6.45) is 1.59. The normalized spacial score (nSPS) is 18.7. The van der Waals surface area contributed by atoms with E-state index in [2.05, 4.69) is 4.98 Å². The molecule has 2 amide bonds. The zero-order valence-corrected chi connectivity index (χ0v) is 16.2. The van der Waals surface area contributed by atoms with Gasteiger partial charge in [-0.3, -0.25) is 9.59 Å². The smallest absolute Gasteiger partial charge is 0.276 e. The number of oxazole rings is 1. The van der Waals surface area contributed by atoms with Crippen molar-refractivity contribution in [2.75, 3.05) is 39.4 Å². The molecule has 8 heteroatoms. The van der Waals surface area contributed by atoms with Crippen molar-refractivity contribution in [2.45, 2.75) is 25.7 Å². The van der Waals surface area contributed by atoms with E-state index in [0.717, 1.165) is 18.4 Å². The topological polar surface area (TPSA) is 75.9 Å². The average molecular weight is 389 g/mol. The van der Waals surface area contributed by atoms with Crippen LogP contribution in [0.1, 0.15) is 51.3 Å². The minimum Gasteiger partial charge on any atom is -0.445 e. The van der Waals surface area contributed by atoms with Crippen molar-refractivity contribution < 1.29 is 18.7 Å². The highest BCUT2D eigenvalue weighted by atomic mass is 32.1. The number of hydrogen-bond donors (Lipinski definition) is 0. The third-order valence-electron chi connectivity index (χ3n) is 5.21. The molecule has 2 fully saturated rings. The summed E-state index contributed by atoms with van der Waals surface area (Å²) < 4.78 is 11.1. The molecule has 2 aliphatic heterocycles. The van der Waals surface area contributed by atoms with Crippen molar-refractivity contribution >= 4 is 23.2 Å². The molecule has 2 aromatic heterocycles. The van der Waals surface area contributed by atoms with Crippen LogP contribution in [0, 0.1) is 6.92 Å². The summed E-state index contributed by atoms with van der Waals surface area (Å²) in [5.41, 5.74) is 1.16. The Kier molecular flexibility index (Phi) is 5.27. The number of hydrogen-bond acceptors (Lipinski definition) is 6. The number of likely N-dealkylation sites (tertiary alicyclic amines) is 1. The molecule has 0 aromatic carbocycles. The first-order chi connectivity index (χ1) is 13.1. The van der Waals surface area contributed by atoms with E-state index in [-0.39, 0.29) is 17.7 Å². The molecule has 0 spiro atoms. The molecule has 0 atom stereocenters. The molecule has 0 N–H and O–H groups in total. The molecule has 144 valence electrons. The van der Waals surface area contributed by atoms with Gasteiger partial charge in [-0.15, -0.1) is 0 Å². The summed E-state index contributed by atoms with van der Waals surface area (Å²) in [5, 5.41) is 3.80. The van der Waals surface area contributed by atoms with Crippen LogP contribution in [-0.2, 0) is 4.74 Å². The predicted octanol–water partition coefficient (Wildman–Crippen LogP) is 2.54. The fraction of sp³-hybridized carbons (Fsp3) is 0.526. The first-order valence-electron chi connectivity index (χ1n) is 9.29. The standard InChI is InChI=1S/C19H23N3O4S/c1-13-16(19(24)22-7-9-25-10-8-22)20-17(26-13)14-2-5-21(6-3-14)18(23)15-4-11-27-12-15/h4,11-12,14H,2-3,5-10H2,1H3. The van der Waals surface area contributed by atoms with Crippen molar-refractivity contribution in [1.82, 2.24) is 14.8 Å². The lowest BCUT2D eigenvalue weighted by Gasteiger charge is -2.30. The minimum absolute atomic E-state index is 0.0847. The Morgan fingerprint density at radius 3 is 2.48 bits per heavy atom. The molecular weight excluding hydrogens is 366 g/mol. The van der Waals surface area contributed by atoms with Crippen molar-refractivity contribution in [3.8, 4) is 0 Å². The molecule has 0 unspecified atom stereocenters. The maximum absolute atomic E-state index is 12.7. The van der Waals surface area contributed by atoms with E-state index in [9.17, 15) is 9.59 Å². The number of amides is 2. The first-order valence-corrected chi connectivity index (χ1v) is 10.2. The third-order valence-corrected chi connectivity index (χ3v) is 5.90. The van der Waals surface area contributed by atoms with Gasteiger partial charge < -0.3 is 19.0 Å². The van der Waals surface area contributed by atoms with Crippen LogP contribution in [0.15, 0.2) is 21.2 Å². The molecule has 2 saturated heterocycles.